The maximum absolute atomic E-state index is 12.1. The lowest BCUT2D eigenvalue weighted by Crippen LogP contribution is -2.95. The number of carboxylic acids is 1. The third-order valence-corrected chi connectivity index (χ3v) is 6.52. The van der Waals surface area contributed by atoms with Gasteiger partial charge in [0.1, 0.15) is 12.1 Å². The second kappa shape index (κ2) is 9.53. The zero-order valence-electron chi connectivity index (χ0n) is 17.0. The summed E-state index contributed by atoms with van der Waals surface area (Å²) in [5.41, 5.74) is 1.14. The number of aliphatic carboxylic acids is 1. The summed E-state index contributed by atoms with van der Waals surface area (Å²) in [6, 6.07) is 13.8. The third kappa shape index (κ3) is 4.56. The maximum Gasteiger partial charge on any atom is 0.130 e. The summed E-state index contributed by atoms with van der Waals surface area (Å²) < 4.78 is 0. The summed E-state index contributed by atoms with van der Waals surface area (Å²) in [6.07, 6.45) is 5.28. The van der Waals surface area contributed by atoms with Crippen LogP contribution in [-0.4, -0.2) is 23.2 Å². The first-order valence-electron chi connectivity index (χ1n) is 10.7. The monoisotopic (exact) mass is 383 g/mol. The van der Waals surface area contributed by atoms with Crippen molar-refractivity contribution in [2.75, 3.05) is 0 Å². The second-order valence-corrected chi connectivity index (χ2v) is 8.36. The van der Waals surface area contributed by atoms with E-state index in [4.69, 9.17) is 0 Å². The van der Waals surface area contributed by atoms with E-state index in [0.29, 0.717) is 6.42 Å². The lowest BCUT2D eigenvalue weighted by Gasteiger charge is -2.31. The van der Waals surface area contributed by atoms with Gasteiger partial charge in [-0.15, -0.1) is 0 Å². The van der Waals surface area contributed by atoms with E-state index < -0.39 is 12.0 Å². The molecule has 0 bridgehead atoms. The summed E-state index contributed by atoms with van der Waals surface area (Å²) in [7, 11) is 0. The quantitative estimate of drug-likeness (QED) is 0.653. The van der Waals surface area contributed by atoms with Crippen molar-refractivity contribution < 1.29 is 20.3 Å². The van der Waals surface area contributed by atoms with E-state index in [1.54, 1.807) is 0 Å². The third-order valence-electron chi connectivity index (χ3n) is 6.52. The number of carbonyl (C=O) groups excluding carboxylic acids is 1. The van der Waals surface area contributed by atoms with E-state index in [0.717, 1.165) is 43.1 Å². The highest BCUT2D eigenvalue weighted by Crippen LogP contribution is 2.37. The topological polar surface area (TPSA) is 77.0 Å². The first-order chi connectivity index (χ1) is 13.5. The predicted molar refractivity (Wildman–Crippen MR) is 109 cm³/mol. The Morgan fingerprint density at radius 3 is 2.68 bits per heavy atom. The number of fused-ring (bicyclic) bond motifs is 1. The summed E-state index contributed by atoms with van der Waals surface area (Å²) in [6.45, 7) is 4.22. The Hall–Kier alpha value is -1.91. The van der Waals surface area contributed by atoms with Gasteiger partial charge >= 0.3 is 0 Å². The van der Waals surface area contributed by atoms with Crippen LogP contribution in [0.15, 0.2) is 42.5 Å². The van der Waals surface area contributed by atoms with Crippen LogP contribution in [0.2, 0.25) is 0 Å². The van der Waals surface area contributed by atoms with E-state index in [9.17, 15) is 15.0 Å². The molecule has 3 N–H and O–H groups in total. The minimum absolute atomic E-state index is 0.00281. The molecule has 3 rings (SSSR count). The minimum atomic E-state index is -1.01. The molecule has 0 heterocycles. The van der Waals surface area contributed by atoms with E-state index >= 15 is 0 Å². The van der Waals surface area contributed by atoms with Gasteiger partial charge in [-0.25, -0.2) is 0 Å². The average Bonchev–Trinajstić information content (AvgIpc) is 3.05. The number of unbranched alkanes of at least 4 members (excludes halogenated alkanes) is 2. The van der Waals surface area contributed by atoms with Crippen LogP contribution in [0.5, 0.6) is 0 Å². The number of benzene rings is 2. The average molecular weight is 384 g/mol. The van der Waals surface area contributed by atoms with Crippen LogP contribution in [0.4, 0.5) is 0 Å². The smallest absolute Gasteiger partial charge is 0.130 e. The van der Waals surface area contributed by atoms with Gasteiger partial charge in [0.05, 0.1) is 12.1 Å². The Bertz CT molecular complexity index is 785. The molecular weight excluding hydrogens is 350 g/mol. The second-order valence-electron chi connectivity index (χ2n) is 8.36. The molecule has 0 saturated heterocycles. The van der Waals surface area contributed by atoms with Gasteiger partial charge in [0.15, 0.2) is 0 Å². The Morgan fingerprint density at radius 2 is 1.93 bits per heavy atom. The first kappa shape index (κ1) is 20.8. The van der Waals surface area contributed by atoms with Crippen molar-refractivity contribution in [3.05, 3.63) is 48.0 Å². The molecule has 0 aromatic heterocycles. The largest absolute Gasteiger partial charge is 0.544 e. The fourth-order valence-electron chi connectivity index (χ4n) is 5.02. The summed E-state index contributed by atoms with van der Waals surface area (Å²) in [5, 5.41) is 26.8. The minimum Gasteiger partial charge on any atom is -0.544 e. The van der Waals surface area contributed by atoms with Gasteiger partial charge in [-0.05, 0) is 42.9 Å². The Balaban J connectivity index is 1.79. The SMILES string of the molecule is CCCCCC1C(O)CCC1C([NH2+][C@H](C)c1cccc2ccccc12)C(=O)[O-]. The molecule has 28 heavy (non-hydrogen) atoms. The van der Waals surface area contributed by atoms with E-state index in [1.165, 1.54) is 5.39 Å². The zero-order valence-corrected chi connectivity index (χ0v) is 17.0. The molecule has 2 aromatic carbocycles. The standard InChI is InChI=1S/C24H33NO3/c1-3-4-5-12-20-21(14-15-22(20)26)23(24(27)28)25-16(2)18-13-8-10-17-9-6-7-11-19(17)18/h6-11,13,16,20-23,25-26H,3-5,12,14-15H2,1-2H3,(H,27,28)/t16-,20?,21?,22?,23?/m1/s1. The Kier molecular flexibility index (Phi) is 7.08. The number of nitrogens with two attached hydrogens (primary N) is 1. The van der Waals surface area contributed by atoms with Crippen molar-refractivity contribution in [2.45, 2.75) is 70.6 Å². The number of carboxylic acid groups (broad SMARTS) is 1. The molecule has 0 amide bonds. The molecule has 5 atom stereocenters. The van der Waals surface area contributed by atoms with E-state index in [2.05, 4.69) is 38.1 Å². The molecule has 4 heteroatoms. The zero-order chi connectivity index (χ0) is 20.1. The van der Waals surface area contributed by atoms with Gasteiger partial charge in [0.2, 0.25) is 0 Å². The van der Waals surface area contributed by atoms with Gasteiger partial charge in [0, 0.05) is 11.5 Å². The number of rotatable bonds is 9. The van der Waals surface area contributed by atoms with Crippen LogP contribution in [0.1, 0.15) is 64.0 Å². The molecule has 1 aliphatic carbocycles. The number of aliphatic hydroxyl groups is 1. The summed E-state index contributed by atoms with van der Waals surface area (Å²) in [5.74, 6) is -0.980. The highest BCUT2D eigenvalue weighted by molar-refractivity contribution is 5.85. The number of quaternary nitrogens is 1. The highest BCUT2D eigenvalue weighted by atomic mass is 16.4. The van der Waals surface area contributed by atoms with E-state index in [1.807, 2.05) is 23.5 Å². The van der Waals surface area contributed by atoms with Crippen molar-refractivity contribution in [1.82, 2.24) is 0 Å². The fraction of sp³-hybridized carbons (Fsp3) is 0.542. The van der Waals surface area contributed by atoms with Crippen LogP contribution in [0.3, 0.4) is 0 Å². The molecule has 0 aliphatic heterocycles. The highest BCUT2D eigenvalue weighted by Gasteiger charge is 2.42. The van der Waals surface area contributed by atoms with E-state index in [-0.39, 0.29) is 24.0 Å². The van der Waals surface area contributed by atoms with Crippen molar-refractivity contribution in [2.24, 2.45) is 11.8 Å². The molecular formula is C24H33NO3. The van der Waals surface area contributed by atoms with Gasteiger partial charge < -0.3 is 20.3 Å². The molecule has 1 saturated carbocycles. The molecule has 1 aliphatic rings. The first-order valence-corrected chi connectivity index (χ1v) is 10.7. The molecule has 152 valence electrons. The van der Waals surface area contributed by atoms with Crippen LogP contribution in [-0.2, 0) is 4.79 Å². The fourth-order valence-corrected chi connectivity index (χ4v) is 5.02. The van der Waals surface area contributed by atoms with Crippen molar-refractivity contribution in [3.8, 4) is 0 Å². The number of hydrogen-bond acceptors (Lipinski definition) is 3. The lowest BCUT2D eigenvalue weighted by atomic mass is 9.83. The molecule has 0 radical (unpaired) electrons. The maximum atomic E-state index is 12.1. The van der Waals surface area contributed by atoms with Crippen LogP contribution < -0.4 is 10.4 Å². The van der Waals surface area contributed by atoms with Crippen LogP contribution in [0.25, 0.3) is 10.8 Å². The Morgan fingerprint density at radius 1 is 1.18 bits per heavy atom. The predicted octanol–water partition coefficient (Wildman–Crippen LogP) is 2.55. The molecule has 1 fully saturated rings. The van der Waals surface area contributed by atoms with Gasteiger partial charge in [-0.2, -0.15) is 0 Å². The normalized spacial score (nSPS) is 24.3. The number of carbonyl (C=O) groups is 1. The van der Waals surface area contributed by atoms with Crippen LogP contribution in [0, 0.1) is 11.8 Å². The van der Waals surface area contributed by atoms with Crippen molar-refractivity contribution in [1.29, 1.82) is 0 Å². The van der Waals surface area contributed by atoms with Crippen molar-refractivity contribution >= 4 is 16.7 Å². The van der Waals surface area contributed by atoms with Gasteiger partial charge in [-0.1, -0.05) is 68.7 Å². The molecule has 4 unspecified atom stereocenters. The van der Waals surface area contributed by atoms with Gasteiger partial charge in [0.25, 0.3) is 0 Å². The Labute approximate surface area is 168 Å². The van der Waals surface area contributed by atoms with Crippen LogP contribution >= 0.6 is 0 Å². The summed E-state index contributed by atoms with van der Waals surface area (Å²) >= 11 is 0. The van der Waals surface area contributed by atoms with Crippen molar-refractivity contribution in [3.63, 3.8) is 0 Å². The molecule has 4 nitrogen and oxygen atoms in total. The number of hydrogen-bond donors (Lipinski definition) is 2. The van der Waals surface area contributed by atoms with Gasteiger partial charge in [-0.3, -0.25) is 0 Å². The molecule has 2 aromatic rings. The molecule has 0 spiro atoms. The summed E-state index contributed by atoms with van der Waals surface area (Å²) in [4.78, 5) is 12.1. The lowest BCUT2D eigenvalue weighted by molar-refractivity contribution is -0.725. The number of aliphatic hydroxyl groups excluding tert-OH is 1.